The zero-order valence-corrected chi connectivity index (χ0v) is 12.4. The van der Waals surface area contributed by atoms with Crippen molar-refractivity contribution < 1.29 is 19.2 Å². The highest BCUT2D eigenvalue weighted by Gasteiger charge is 2.34. The molecule has 0 aromatic carbocycles. The minimum atomic E-state index is -0.824. The van der Waals surface area contributed by atoms with Gasteiger partial charge in [0.1, 0.15) is 12.6 Å². The maximum Gasteiger partial charge on any atom is 0.325 e. The van der Waals surface area contributed by atoms with Gasteiger partial charge in [-0.25, -0.2) is 0 Å². The van der Waals surface area contributed by atoms with Crippen LogP contribution < -0.4 is 0 Å². The lowest BCUT2D eigenvalue weighted by atomic mass is 10.00. The number of hydrogen-bond acceptors (Lipinski definition) is 6. The lowest BCUT2D eigenvalue weighted by Gasteiger charge is -2.32. The summed E-state index contributed by atoms with van der Waals surface area (Å²) in [4.78, 5) is 14.7. The summed E-state index contributed by atoms with van der Waals surface area (Å²) in [5.74, 6) is -0.178. The highest BCUT2D eigenvalue weighted by Crippen LogP contribution is 2.34. The molecule has 21 heavy (non-hydrogen) atoms. The van der Waals surface area contributed by atoms with Crippen LogP contribution in [0.4, 0.5) is 0 Å². The number of carbonyl (C=O) groups is 1. The predicted molar refractivity (Wildman–Crippen MR) is 76.0 cm³/mol. The monoisotopic (exact) mass is 308 g/mol. The molecule has 1 aliphatic heterocycles. The third kappa shape index (κ3) is 2.85. The standard InChI is InChI=1S/C14H16N2O4S/c1-19-8-10-6-9(15-20-10)7-16-4-2-12-11(3-5-21-12)13(16)14(17)18/h3,5-6,13H,2,4,7-8H2,1H3,(H,17,18). The van der Waals surface area contributed by atoms with Crippen molar-refractivity contribution in [2.75, 3.05) is 13.7 Å². The van der Waals surface area contributed by atoms with E-state index in [1.54, 1.807) is 18.4 Å². The lowest BCUT2D eigenvalue weighted by molar-refractivity contribution is -0.144. The first kappa shape index (κ1) is 14.2. The summed E-state index contributed by atoms with van der Waals surface area (Å²) in [5.41, 5.74) is 1.63. The molecule has 0 radical (unpaired) electrons. The Morgan fingerprint density at radius 2 is 2.52 bits per heavy atom. The van der Waals surface area contributed by atoms with Crippen LogP contribution in [0.5, 0.6) is 0 Å². The van der Waals surface area contributed by atoms with Crippen LogP contribution in [-0.4, -0.2) is 34.8 Å². The molecular formula is C14H16N2O4S. The van der Waals surface area contributed by atoms with Crippen LogP contribution in [0.1, 0.15) is 27.9 Å². The minimum Gasteiger partial charge on any atom is -0.480 e. The van der Waals surface area contributed by atoms with Crippen molar-refractivity contribution in [3.63, 3.8) is 0 Å². The van der Waals surface area contributed by atoms with Gasteiger partial charge in [-0.15, -0.1) is 11.3 Å². The number of hydrogen-bond donors (Lipinski definition) is 1. The van der Waals surface area contributed by atoms with Crippen molar-refractivity contribution in [3.05, 3.63) is 39.4 Å². The summed E-state index contributed by atoms with van der Waals surface area (Å²) >= 11 is 1.62. The van der Waals surface area contributed by atoms with Gasteiger partial charge in [0.05, 0.1) is 5.69 Å². The average molecular weight is 308 g/mol. The second-order valence-electron chi connectivity index (χ2n) is 4.98. The summed E-state index contributed by atoms with van der Waals surface area (Å²) in [6, 6.07) is 3.11. The van der Waals surface area contributed by atoms with E-state index >= 15 is 0 Å². The first-order valence-corrected chi connectivity index (χ1v) is 7.53. The van der Waals surface area contributed by atoms with E-state index in [-0.39, 0.29) is 0 Å². The topological polar surface area (TPSA) is 75.8 Å². The highest BCUT2D eigenvalue weighted by molar-refractivity contribution is 7.10. The molecule has 2 aromatic heterocycles. The van der Waals surface area contributed by atoms with Gasteiger partial charge in [0.25, 0.3) is 0 Å². The first-order valence-electron chi connectivity index (χ1n) is 6.65. The van der Waals surface area contributed by atoms with Crippen molar-refractivity contribution >= 4 is 17.3 Å². The maximum atomic E-state index is 11.6. The predicted octanol–water partition coefficient (Wildman–Crippen LogP) is 2.07. The van der Waals surface area contributed by atoms with Gasteiger partial charge in [0.15, 0.2) is 5.76 Å². The zero-order valence-electron chi connectivity index (χ0n) is 11.6. The molecule has 3 rings (SSSR count). The van der Waals surface area contributed by atoms with Gasteiger partial charge in [0, 0.05) is 31.1 Å². The number of nitrogens with zero attached hydrogens (tertiary/aromatic N) is 2. The normalized spacial score (nSPS) is 18.6. The van der Waals surface area contributed by atoms with E-state index in [0.29, 0.717) is 25.5 Å². The molecule has 0 aliphatic carbocycles. The van der Waals surface area contributed by atoms with Crippen LogP contribution in [0.2, 0.25) is 0 Å². The smallest absolute Gasteiger partial charge is 0.325 e. The van der Waals surface area contributed by atoms with Crippen LogP contribution in [0, 0.1) is 0 Å². The van der Waals surface area contributed by atoms with Crippen LogP contribution in [0.3, 0.4) is 0 Å². The van der Waals surface area contributed by atoms with Crippen molar-refractivity contribution in [1.82, 2.24) is 10.1 Å². The Balaban J connectivity index is 1.79. The number of ether oxygens (including phenoxy) is 1. The van der Waals surface area contributed by atoms with Gasteiger partial charge < -0.3 is 14.4 Å². The molecule has 0 bridgehead atoms. The van der Waals surface area contributed by atoms with Crippen molar-refractivity contribution in [1.29, 1.82) is 0 Å². The molecule has 1 aliphatic rings. The Morgan fingerprint density at radius 3 is 3.29 bits per heavy atom. The molecule has 0 saturated heterocycles. The quantitative estimate of drug-likeness (QED) is 0.911. The molecule has 0 saturated carbocycles. The van der Waals surface area contributed by atoms with Crippen molar-refractivity contribution in [2.24, 2.45) is 0 Å². The van der Waals surface area contributed by atoms with E-state index in [0.717, 1.165) is 17.7 Å². The molecule has 3 heterocycles. The van der Waals surface area contributed by atoms with E-state index in [4.69, 9.17) is 9.26 Å². The van der Waals surface area contributed by atoms with Crippen molar-refractivity contribution in [2.45, 2.75) is 25.6 Å². The van der Waals surface area contributed by atoms with Crippen LogP contribution in [0.15, 0.2) is 22.0 Å². The van der Waals surface area contributed by atoms with Gasteiger partial charge in [-0.3, -0.25) is 9.69 Å². The number of thiophene rings is 1. The Bertz CT molecular complexity index is 636. The third-order valence-electron chi connectivity index (χ3n) is 3.56. The lowest BCUT2D eigenvalue weighted by Crippen LogP contribution is -2.38. The fourth-order valence-corrected chi connectivity index (χ4v) is 3.58. The summed E-state index contributed by atoms with van der Waals surface area (Å²) in [6.07, 6.45) is 0.875. The van der Waals surface area contributed by atoms with E-state index in [9.17, 15) is 9.90 Å². The Labute approximate surface area is 125 Å². The van der Waals surface area contributed by atoms with E-state index in [1.807, 2.05) is 22.4 Å². The molecular weight excluding hydrogens is 292 g/mol. The maximum absolute atomic E-state index is 11.6. The fraction of sp³-hybridized carbons (Fsp3) is 0.429. The Hall–Kier alpha value is -1.70. The van der Waals surface area contributed by atoms with E-state index < -0.39 is 12.0 Å². The number of carboxylic acids is 1. The summed E-state index contributed by atoms with van der Waals surface area (Å²) < 4.78 is 10.1. The molecule has 0 fully saturated rings. The SMILES string of the molecule is COCc1cc(CN2CCc3sccc3C2C(=O)O)no1. The zero-order chi connectivity index (χ0) is 14.8. The minimum absolute atomic E-state index is 0.365. The molecule has 112 valence electrons. The van der Waals surface area contributed by atoms with Gasteiger partial charge in [0.2, 0.25) is 0 Å². The number of fused-ring (bicyclic) bond motifs is 1. The fourth-order valence-electron chi connectivity index (χ4n) is 2.68. The van der Waals surface area contributed by atoms with Crippen molar-refractivity contribution in [3.8, 4) is 0 Å². The second-order valence-corrected chi connectivity index (χ2v) is 5.98. The number of rotatable bonds is 5. The Morgan fingerprint density at radius 1 is 1.67 bits per heavy atom. The molecule has 1 unspecified atom stereocenters. The van der Waals surface area contributed by atoms with Crippen LogP contribution >= 0.6 is 11.3 Å². The molecule has 7 heteroatoms. The highest BCUT2D eigenvalue weighted by atomic mass is 32.1. The molecule has 0 spiro atoms. The third-order valence-corrected chi connectivity index (χ3v) is 4.56. The summed E-state index contributed by atoms with van der Waals surface area (Å²) in [5, 5.41) is 15.5. The molecule has 2 aromatic rings. The Kier molecular flexibility index (Phi) is 4.05. The first-order chi connectivity index (χ1) is 10.2. The molecule has 6 nitrogen and oxygen atoms in total. The number of methoxy groups -OCH3 is 1. The number of aliphatic carboxylic acids is 1. The number of carboxylic acid groups (broad SMARTS) is 1. The van der Waals surface area contributed by atoms with Crippen LogP contribution in [-0.2, 0) is 29.1 Å². The van der Waals surface area contributed by atoms with Gasteiger partial charge >= 0.3 is 5.97 Å². The summed E-state index contributed by atoms with van der Waals surface area (Å²) in [6.45, 7) is 1.53. The largest absolute Gasteiger partial charge is 0.480 e. The van der Waals surface area contributed by atoms with Crippen LogP contribution in [0.25, 0.3) is 0 Å². The second kappa shape index (κ2) is 5.97. The average Bonchev–Trinajstić information content (AvgIpc) is 3.07. The molecule has 1 N–H and O–H groups in total. The van der Waals surface area contributed by atoms with E-state index in [2.05, 4.69) is 5.16 Å². The van der Waals surface area contributed by atoms with E-state index in [1.165, 1.54) is 4.88 Å². The molecule has 1 atom stereocenters. The molecule has 0 amide bonds. The van der Waals surface area contributed by atoms with Gasteiger partial charge in [-0.1, -0.05) is 5.16 Å². The summed E-state index contributed by atoms with van der Waals surface area (Å²) in [7, 11) is 1.59. The van der Waals surface area contributed by atoms with Gasteiger partial charge in [-0.2, -0.15) is 0 Å². The number of aromatic nitrogens is 1. The van der Waals surface area contributed by atoms with Gasteiger partial charge in [-0.05, 0) is 23.4 Å².